The smallest absolute Gasteiger partial charge is 0.243 e. The van der Waals surface area contributed by atoms with Crippen molar-refractivity contribution < 1.29 is 13.7 Å². The van der Waals surface area contributed by atoms with Gasteiger partial charge in [0.25, 0.3) is 0 Å². The Morgan fingerprint density at radius 3 is 2.84 bits per heavy atom. The molecule has 2 fully saturated rings. The van der Waals surface area contributed by atoms with Gasteiger partial charge in [0.1, 0.15) is 5.76 Å². The first-order valence-corrected chi connectivity index (χ1v) is 9.08. The topological polar surface area (TPSA) is 84.4 Å². The van der Waals surface area contributed by atoms with Crippen LogP contribution in [-0.4, -0.2) is 34.0 Å². The molecule has 2 aromatic heterocycles. The second-order valence-electron chi connectivity index (χ2n) is 7.05. The number of carbonyl (C=O) groups excluding carboxylic acids is 1. The van der Waals surface area contributed by atoms with E-state index in [0.29, 0.717) is 18.4 Å². The number of hydrogen-bond acceptors (Lipinski definition) is 6. The standard InChI is InChI=1S/C18H24N4O3/c1-12(18-20-16(21-25-18)13-4-5-13)22-8-6-14(7-9-22)17(23)19-11-15-3-2-10-24-15/h2-3,10,12-14H,4-9,11H2,1H3,(H,19,23)/t12-/m0/s1. The summed E-state index contributed by atoms with van der Waals surface area (Å²) in [6.45, 7) is 4.28. The quantitative estimate of drug-likeness (QED) is 0.867. The van der Waals surface area contributed by atoms with E-state index in [4.69, 9.17) is 8.94 Å². The fourth-order valence-electron chi connectivity index (χ4n) is 3.36. The van der Waals surface area contributed by atoms with Crippen LogP contribution in [0.25, 0.3) is 0 Å². The Kier molecular flexibility index (Phi) is 4.57. The van der Waals surface area contributed by atoms with Gasteiger partial charge in [0.15, 0.2) is 5.82 Å². The molecule has 1 N–H and O–H groups in total. The maximum absolute atomic E-state index is 12.3. The van der Waals surface area contributed by atoms with Gasteiger partial charge in [0.2, 0.25) is 11.8 Å². The Balaban J connectivity index is 1.26. The van der Waals surface area contributed by atoms with Crippen molar-refractivity contribution in [1.82, 2.24) is 20.4 Å². The predicted molar refractivity (Wildman–Crippen MR) is 89.5 cm³/mol. The third-order valence-corrected chi connectivity index (χ3v) is 5.22. The van der Waals surface area contributed by atoms with Gasteiger partial charge in [-0.1, -0.05) is 5.16 Å². The van der Waals surface area contributed by atoms with E-state index >= 15 is 0 Å². The lowest BCUT2D eigenvalue weighted by Gasteiger charge is -2.33. The molecule has 4 rings (SSSR count). The molecular weight excluding hydrogens is 320 g/mol. The van der Waals surface area contributed by atoms with Gasteiger partial charge in [-0.2, -0.15) is 4.98 Å². The maximum atomic E-state index is 12.3. The van der Waals surface area contributed by atoms with E-state index in [-0.39, 0.29) is 17.9 Å². The van der Waals surface area contributed by atoms with Crippen LogP contribution in [0.2, 0.25) is 0 Å². The molecule has 0 spiro atoms. The van der Waals surface area contributed by atoms with Gasteiger partial charge in [-0.25, -0.2) is 0 Å². The van der Waals surface area contributed by atoms with Gasteiger partial charge in [-0.15, -0.1) is 0 Å². The number of carbonyl (C=O) groups is 1. The third kappa shape index (κ3) is 3.76. The number of amides is 1. The van der Waals surface area contributed by atoms with E-state index in [1.165, 1.54) is 12.8 Å². The summed E-state index contributed by atoms with van der Waals surface area (Å²) in [7, 11) is 0. The van der Waals surface area contributed by atoms with Crippen LogP contribution >= 0.6 is 0 Å². The lowest BCUT2D eigenvalue weighted by molar-refractivity contribution is -0.126. The van der Waals surface area contributed by atoms with Crippen LogP contribution in [0.4, 0.5) is 0 Å². The summed E-state index contributed by atoms with van der Waals surface area (Å²) in [6.07, 6.45) is 5.65. The molecule has 1 atom stereocenters. The van der Waals surface area contributed by atoms with Crippen LogP contribution in [0.15, 0.2) is 27.3 Å². The average molecular weight is 344 g/mol. The van der Waals surface area contributed by atoms with Crippen molar-refractivity contribution in [1.29, 1.82) is 0 Å². The van der Waals surface area contributed by atoms with Gasteiger partial charge in [0.05, 0.1) is 18.8 Å². The number of piperidine rings is 1. The van der Waals surface area contributed by atoms with Crippen LogP contribution in [0.5, 0.6) is 0 Å². The summed E-state index contributed by atoms with van der Waals surface area (Å²) >= 11 is 0. The van der Waals surface area contributed by atoms with Crippen molar-refractivity contribution in [3.8, 4) is 0 Å². The highest BCUT2D eigenvalue weighted by molar-refractivity contribution is 5.78. The minimum absolute atomic E-state index is 0.0584. The first kappa shape index (κ1) is 16.3. The SMILES string of the molecule is C[C@@H](c1nc(C2CC2)no1)N1CCC(C(=O)NCc2ccco2)CC1. The molecule has 7 nitrogen and oxygen atoms in total. The Morgan fingerprint density at radius 2 is 2.16 bits per heavy atom. The number of nitrogens with one attached hydrogen (secondary N) is 1. The highest BCUT2D eigenvalue weighted by Crippen LogP contribution is 2.38. The Labute approximate surface area is 146 Å². The number of nitrogens with zero attached hydrogens (tertiary/aromatic N) is 3. The molecule has 134 valence electrons. The predicted octanol–water partition coefficient (Wildman–Crippen LogP) is 2.63. The van der Waals surface area contributed by atoms with Crippen molar-refractivity contribution in [2.45, 2.75) is 51.1 Å². The molecule has 7 heteroatoms. The largest absolute Gasteiger partial charge is 0.467 e. The first-order chi connectivity index (χ1) is 12.2. The molecule has 1 amide bonds. The summed E-state index contributed by atoms with van der Waals surface area (Å²) in [5, 5.41) is 7.06. The Bertz CT molecular complexity index is 700. The van der Waals surface area contributed by atoms with Crippen molar-refractivity contribution in [3.63, 3.8) is 0 Å². The van der Waals surface area contributed by atoms with Crippen molar-refractivity contribution in [2.75, 3.05) is 13.1 Å². The molecule has 2 aliphatic rings. The lowest BCUT2D eigenvalue weighted by atomic mass is 9.95. The third-order valence-electron chi connectivity index (χ3n) is 5.22. The summed E-state index contributed by atoms with van der Waals surface area (Å²) in [6, 6.07) is 3.80. The number of hydrogen-bond donors (Lipinski definition) is 1. The molecule has 0 aromatic carbocycles. The second kappa shape index (κ2) is 7.00. The van der Waals surface area contributed by atoms with Crippen LogP contribution in [0.1, 0.15) is 62.0 Å². The van der Waals surface area contributed by atoms with E-state index in [1.54, 1.807) is 6.26 Å². The van der Waals surface area contributed by atoms with Crippen LogP contribution < -0.4 is 5.32 Å². The van der Waals surface area contributed by atoms with Gasteiger partial charge >= 0.3 is 0 Å². The van der Waals surface area contributed by atoms with E-state index in [0.717, 1.165) is 37.5 Å². The van der Waals surface area contributed by atoms with Gasteiger partial charge in [0, 0.05) is 11.8 Å². The monoisotopic (exact) mass is 344 g/mol. The van der Waals surface area contributed by atoms with Gasteiger partial charge in [-0.05, 0) is 57.8 Å². The first-order valence-electron chi connectivity index (χ1n) is 9.08. The highest BCUT2D eigenvalue weighted by atomic mass is 16.5. The van der Waals surface area contributed by atoms with E-state index < -0.39 is 0 Å². The highest BCUT2D eigenvalue weighted by Gasteiger charge is 2.32. The molecule has 1 aliphatic heterocycles. The molecule has 3 heterocycles. The summed E-state index contributed by atoms with van der Waals surface area (Å²) in [5.41, 5.74) is 0. The molecule has 2 aromatic rings. The molecule has 1 aliphatic carbocycles. The van der Waals surface area contributed by atoms with E-state index in [9.17, 15) is 4.79 Å². The number of likely N-dealkylation sites (tertiary alicyclic amines) is 1. The van der Waals surface area contributed by atoms with Crippen molar-refractivity contribution in [2.24, 2.45) is 5.92 Å². The van der Waals surface area contributed by atoms with Gasteiger partial charge < -0.3 is 14.3 Å². The Morgan fingerprint density at radius 1 is 1.36 bits per heavy atom. The van der Waals surface area contributed by atoms with Crippen molar-refractivity contribution in [3.05, 3.63) is 35.9 Å². The van der Waals surface area contributed by atoms with Gasteiger partial charge in [-0.3, -0.25) is 9.69 Å². The zero-order chi connectivity index (χ0) is 17.2. The summed E-state index contributed by atoms with van der Waals surface area (Å²) in [5.74, 6) is 3.01. The molecule has 1 saturated heterocycles. The zero-order valence-corrected chi connectivity index (χ0v) is 14.5. The molecular formula is C18H24N4O3. The summed E-state index contributed by atoms with van der Waals surface area (Å²) in [4.78, 5) is 19.2. The number of aromatic nitrogens is 2. The fourth-order valence-corrected chi connectivity index (χ4v) is 3.36. The fraction of sp³-hybridized carbons (Fsp3) is 0.611. The lowest BCUT2D eigenvalue weighted by Crippen LogP contribution is -2.41. The van der Waals surface area contributed by atoms with Crippen LogP contribution in [0, 0.1) is 5.92 Å². The number of furan rings is 1. The van der Waals surface area contributed by atoms with Crippen LogP contribution in [0.3, 0.4) is 0 Å². The van der Waals surface area contributed by atoms with Crippen molar-refractivity contribution >= 4 is 5.91 Å². The average Bonchev–Trinajstić information content (AvgIpc) is 3.15. The second-order valence-corrected chi connectivity index (χ2v) is 7.05. The molecule has 0 radical (unpaired) electrons. The zero-order valence-electron chi connectivity index (χ0n) is 14.5. The Hall–Kier alpha value is -2.15. The normalized spacial score (nSPS) is 20.5. The molecule has 25 heavy (non-hydrogen) atoms. The summed E-state index contributed by atoms with van der Waals surface area (Å²) < 4.78 is 10.7. The molecule has 0 unspecified atom stereocenters. The van der Waals surface area contributed by atoms with E-state index in [1.807, 2.05) is 12.1 Å². The minimum atomic E-state index is 0.0584. The number of rotatable bonds is 6. The molecule has 0 bridgehead atoms. The molecule has 1 saturated carbocycles. The minimum Gasteiger partial charge on any atom is -0.467 e. The maximum Gasteiger partial charge on any atom is 0.243 e. The van der Waals surface area contributed by atoms with E-state index in [2.05, 4.69) is 27.3 Å². The van der Waals surface area contributed by atoms with Crippen LogP contribution in [-0.2, 0) is 11.3 Å².